The molecule has 2 rings (SSSR count). The number of alkyl carbamates (subject to hydrolysis) is 1. The average molecular weight is 453 g/mol. The molecule has 0 aromatic heterocycles. The number of carbonyl (C=O) groups is 3. The van der Waals surface area contributed by atoms with Gasteiger partial charge in [0.2, 0.25) is 5.91 Å². The van der Waals surface area contributed by atoms with Gasteiger partial charge in [0.15, 0.2) is 0 Å². The lowest BCUT2D eigenvalue weighted by molar-refractivity contribution is -0.111. The van der Waals surface area contributed by atoms with Crippen molar-refractivity contribution in [3.05, 3.63) is 71.8 Å². The second kappa shape index (κ2) is 11.8. The van der Waals surface area contributed by atoms with E-state index < -0.39 is 11.7 Å². The zero-order chi connectivity index (χ0) is 24.4. The summed E-state index contributed by atoms with van der Waals surface area (Å²) in [6.45, 7) is 6.31. The zero-order valence-electron chi connectivity index (χ0n) is 19.8. The minimum atomic E-state index is -0.573. The van der Waals surface area contributed by atoms with E-state index in [-0.39, 0.29) is 18.4 Å². The Morgan fingerprint density at radius 1 is 0.970 bits per heavy atom. The van der Waals surface area contributed by atoms with E-state index >= 15 is 0 Å². The van der Waals surface area contributed by atoms with Gasteiger partial charge in [0, 0.05) is 36.1 Å². The van der Waals surface area contributed by atoms with Crippen LogP contribution in [0.15, 0.2) is 60.7 Å². The summed E-state index contributed by atoms with van der Waals surface area (Å²) in [5.41, 5.74) is 1.75. The molecule has 0 unspecified atom stereocenters. The van der Waals surface area contributed by atoms with Crippen molar-refractivity contribution in [1.29, 1.82) is 0 Å². The van der Waals surface area contributed by atoms with E-state index in [9.17, 15) is 14.4 Å². The van der Waals surface area contributed by atoms with E-state index in [1.54, 1.807) is 69.3 Å². The lowest BCUT2D eigenvalue weighted by Gasteiger charge is -2.19. The Bertz CT molecular complexity index is 1010. The monoisotopic (exact) mass is 452 g/mol. The summed E-state index contributed by atoms with van der Waals surface area (Å²) in [6, 6.07) is 13.9. The Balaban J connectivity index is 1.96. The highest BCUT2D eigenvalue weighted by molar-refractivity contribution is 6.06. The van der Waals surface area contributed by atoms with Crippen LogP contribution < -0.4 is 16.0 Å². The number of nitrogens with one attached hydrogen (secondary N) is 3. The number of carbonyl (C=O) groups excluding carboxylic acids is 3. The molecule has 8 heteroatoms. The van der Waals surface area contributed by atoms with Gasteiger partial charge < -0.3 is 25.6 Å². The molecular weight excluding hydrogens is 420 g/mol. The maximum Gasteiger partial charge on any atom is 0.407 e. The number of rotatable bonds is 8. The number of likely N-dealkylation sites (N-methyl/N-ethyl adjacent to an activating group) is 1. The third-order valence-electron chi connectivity index (χ3n) is 4.15. The molecule has 33 heavy (non-hydrogen) atoms. The molecule has 0 spiro atoms. The molecule has 3 N–H and O–H groups in total. The highest BCUT2D eigenvalue weighted by Crippen LogP contribution is 2.15. The van der Waals surface area contributed by atoms with Crippen molar-refractivity contribution in [1.82, 2.24) is 10.2 Å². The van der Waals surface area contributed by atoms with Crippen LogP contribution in [0.25, 0.3) is 0 Å². The fourth-order valence-corrected chi connectivity index (χ4v) is 2.74. The highest BCUT2D eigenvalue weighted by Gasteiger charge is 2.15. The lowest BCUT2D eigenvalue weighted by Crippen LogP contribution is -2.32. The van der Waals surface area contributed by atoms with Crippen LogP contribution in [-0.2, 0) is 16.1 Å². The summed E-state index contributed by atoms with van der Waals surface area (Å²) < 4.78 is 5.23. The van der Waals surface area contributed by atoms with Gasteiger partial charge in [-0.05, 0) is 70.8 Å². The standard InChI is InChI=1S/C25H32N4O4/c1-25(2,3)33-24(32)26-17-18-9-6-11-20(15-18)28-23(31)19-10-7-12-21(16-19)27-22(30)13-8-14-29(4)5/h6-13,15-16H,14,17H2,1-5H3,(H,26,32)(H,27,30)(H,28,31)/b13-8+. The number of ether oxygens (including phenoxy) is 1. The molecule has 0 saturated carbocycles. The molecule has 0 aliphatic carbocycles. The lowest BCUT2D eigenvalue weighted by atomic mass is 10.1. The number of hydrogen-bond donors (Lipinski definition) is 3. The molecule has 0 aliphatic rings. The maximum atomic E-state index is 12.7. The first-order chi connectivity index (χ1) is 15.5. The number of hydrogen-bond acceptors (Lipinski definition) is 5. The van der Waals surface area contributed by atoms with Crippen molar-refractivity contribution in [3.63, 3.8) is 0 Å². The summed E-state index contributed by atoms with van der Waals surface area (Å²) in [5.74, 6) is -0.578. The summed E-state index contributed by atoms with van der Waals surface area (Å²) in [4.78, 5) is 38.5. The molecule has 3 amide bonds. The van der Waals surface area contributed by atoms with E-state index in [0.717, 1.165) is 5.56 Å². The van der Waals surface area contributed by atoms with Crippen LogP contribution in [-0.4, -0.2) is 49.0 Å². The van der Waals surface area contributed by atoms with Crippen molar-refractivity contribution in [2.45, 2.75) is 32.9 Å². The van der Waals surface area contributed by atoms with Crippen LogP contribution in [0.4, 0.5) is 16.2 Å². The van der Waals surface area contributed by atoms with E-state index in [1.807, 2.05) is 25.1 Å². The highest BCUT2D eigenvalue weighted by atomic mass is 16.6. The first kappa shape index (κ1) is 25.6. The molecule has 0 fully saturated rings. The first-order valence-corrected chi connectivity index (χ1v) is 10.6. The maximum absolute atomic E-state index is 12.7. The molecule has 0 radical (unpaired) electrons. The normalized spacial score (nSPS) is 11.3. The minimum absolute atomic E-state index is 0.264. The van der Waals surface area contributed by atoms with Gasteiger partial charge >= 0.3 is 6.09 Å². The van der Waals surface area contributed by atoms with E-state index in [0.29, 0.717) is 23.5 Å². The molecule has 0 bridgehead atoms. The van der Waals surface area contributed by atoms with E-state index in [2.05, 4.69) is 16.0 Å². The van der Waals surface area contributed by atoms with Crippen molar-refractivity contribution in [2.75, 3.05) is 31.3 Å². The van der Waals surface area contributed by atoms with Crippen LogP contribution in [0.1, 0.15) is 36.7 Å². The molecule has 8 nitrogen and oxygen atoms in total. The Kier molecular flexibility index (Phi) is 9.18. The molecule has 176 valence electrons. The number of anilines is 2. The van der Waals surface area contributed by atoms with Gasteiger partial charge in [-0.15, -0.1) is 0 Å². The van der Waals surface area contributed by atoms with Crippen molar-refractivity contribution in [3.8, 4) is 0 Å². The molecular formula is C25H32N4O4. The Labute approximate surface area is 195 Å². The Morgan fingerprint density at radius 3 is 2.30 bits per heavy atom. The largest absolute Gasteiger partial charge is 0.444 e. The fourth-order valence-electron chi connectivity index (χ4n) is 2.74. The Hall–Kier alpha value is -3.65. The number of benzene rings is 2. The number of nitrogens with zero attached hydrogens (tertiary/aromatic N) is 1. The average Bonchev–Trinajstić information content (AvgIpc) is 2.71. The van der Waals surface area contributed by atoms with Gasteiger partial charge in [-0.2, -0.15) is 0 Å². The predicted octanol–water partition coefficient (Wildman–Crippen LogP) is 4.02. The van der Waals surface area contributed by atoms with Gasteiger partial charge in [0.1, 0.15) is 5.60 Å². The van der Waals surface area contributed by atoms with Crippen molar-refractivity contribution < 1.29 is 19.1 Å². The third kappa shape index (κ3) is 10.0. The van der Waals surface area contributed by atoms with Crippen LogP contribution in [0.2, 0.25) is 0 Å². The quantitative estimate of drug-likeness (QED) is 0.526. The van der Waals surface area contributed by atoms with Gasteiger partial charge in [0.25, 0.3) is 5.91 Å². The van der Waals surface area contributed by atoms with Crippen LogP contribution in [0, 0.1) is 0 Å². The topological polar surface area (TPSA) is 99.8 Å². The predicted molar refractivity (Wildman–Crippen MR) is 130 cm³/mol. The van der Waals surface area contributed by atoms with Gasteiger partial charge in [-0.1, -0.05) is 24.3 Å². The van der Waals surface area contributed by atoms with E-state index in [1.165, 1.54) is 6.08 Å². The third-order valence-corrected chi connectivity index (χ3v) is 4.15. The van der Waals surface area contributed by atoms with Gasteiger partial charge in [-0.25, -0.2) is 4.79 Å². The SMILES string of the molecule is CN(C)C/C=C/C(=O)Nc1cccc(C(=O)Nc2cccc(CNC(=O)OC(C)(C)C)c2)c1. The molecule has 2 aromatic carbocycles. The first-order valence-electron chi connectivity index (χ1n) is 10.6. The van der Waals surface area contributed by atoms with Crippen LogP contribution in [0.3, 0.4) is 0 Å². The smallest absolute Gasteiger partial charge is 0.407 e. The van der Waals surface area contributed by atoms with Gasteiger partial charge in [0.05, 0.1) is 0 Å². The summed E-state index contributed by atoms with van der Waals surface area (Å²) in [7, 11) is 3.83. The second-order valence-corrected chi connectivity index (χ2v) is 8.74. The van der Waals surface area contributed by atoms with Crippen LogP contribution in [0.5, 0.6) is 0 Å². The van der Waals surface area contributed by atoms with Crippen LogP contribution >= 0.6 is 0 Å². The molecule has 0 atom stereocenters. The minimum Gasteiger partial charge on any atom is -0.444 e. The second-order valence-electron chi connectivity index (χ2n) is 8.74. The van der Waals surface area contributed by atoms with Crippen molar-refractivity contribution in [2.24, 2.45) is 0 Å². The van der Waals surface area contributed by atoms with Gasteiger partial charge in [-0.3, -0.25) is 9.59 Å². The summed E-state index contributed by atoms with van der Waals surface area (Å²) in [6.07, 6.45) is 2.72. The van der Waals surface area contributed by atoms with E-state index in [4.69, 9.17) is 4.74 Å². The number of amides is 3. The molecule has 0 heterocycles. The summed E-state index contributed by atoms with van der Waals surface area (Å²) in [5, 5.41) is 8.28. The fraction of sp³-hybridized carbons (Fsp3) is 0.320. The zero-order valence-corrected chi connectivity index (χ0v) is 19.8. The Morgan fingerprint density at radius 2 is 1.64 bits per heavy atom. The molecule has 2 aromatic rings. The molecule has 0 saturated heterocycles. The molecule has 0 aliphatic heterocycles. The summed E-state index contributed by atoms with van der Waals surface area (Å²) >= 11 is 0. The van der Waals surface area contributed by atoms with Crippen molar-refractivity contribution >= 4 is 29.3 Å².